The molecule has 1 amide bonds. The van der Waals surface area contributed by atoms with Crippen LogP contribution in [-0.4, -0.2) is 26.7 Å². The lowest BCUT2D eigenvalue weighted by Crippen LogP contribution is -2.08. The van der Waals surface area contributed by atoms with Crippen LogP contribution >= 0.6 is 0 Å². The van der Waals surface area contributed by atoms with Gasteiger partial charge < -0.3 is 19.5 Å². The van der Waals surface area contributed by atoms with Crippen molar-refractivity contribution in [1.82, 2.24) is 0 Å². The van der Waals surface area contributed by atoms with Crippen molar-refractivity contribution in [2.45, 2.75) is 6.61 Å². The lowest BCUT2D eigenvalue weighted by Gasteiger charge is -2.09. The minimum absolute atomic E-state index is 0.0573. The summed E-state index contributed by atoms with van der Waals surface area (Å²) in [5.74, 6) is 0.767. The number of hydrogen-bond donors (Lipinski definition) is 1. The van der Waals surface area contributed by atoms with Gasteiger partial charge in [0.2, 0.25) is 5.91 Å². The second kappa shape index (κ2) is 8.68. The van der Waals surface area contributed by atoms with Gasteiger partial charge in [0.1, 0.15) is 5.75 Å². The molecule has 0 aliphatic carbocycles. The molecule has 0 heterocycles. The van der Waals surface area contributed by atoms with Crippen LogP contribution in [0.2, 0.25) is 0 Å². The number of carbonyl (C=O) groups is 1. The van der Waals surface area contributed by atoms with Crippen LogP contribution in [0.1, 0.15) is 5.56 Å². The van der Waals surface area contributed by atoms with E-state index in [-0.39, 0.29) is 11.7 Å². The van der Waals surface area contributed by atoms with Crippen molar-refractivity contribution in [3.63, 3.8) is 0 Å². The first-order valence-electron chi connectivity index (χ1n) is 7.28. The highest BCUT2D eigenvalue weighted by Crippen LogP contribution is 2.29. The Morgan fingerprint density at radius 3 is 2.32 bits per heavy atom. The fraction of sp³-hybridized carbons (Fsp3) is 0.167. The van der Waals surface area contributed by atoms with Crippen molar-refractivity contribution in [2.75, 3.05) is 19.5 Å². The second-order valence-electron chi connectivity index (χ2n) is 4.84. The number of anilines is 1. The smallest absolute Gasteiger partial charge is 0.387 e. The SMILES string of the molecule is COc1ccc(NC(=O)/C=C/c2ccc(OC(F)F)cc2)cc1OC. The predicted octanol–water partition coefficient (Wildman–Crippen LogP) is 3.96. The molecule has 0 aromatic heterocycles. The zero-order valence-electron chi connectivity index (χ0n) is 13.7. The molecule has 0 fully saturated rings. The first kappa shape index (κ1) is 18.3. The molecule has 7 heteroatoms. The number of nitrogens with one attached hydrogen (secondary N) is 1. The topological polar surface area (TPSA) is 56.8 Å². The van der Waals surface area contributed by atoms with Gasteiger partial charge in [-0.3, -0.25) is 4.79 Å². The molecule has 0 aliphatic rings. The van der Waals surface area contributed by atoms with E-state index >= 15 is 0 Å². The van der Waals surface area contributed by atoms with E-state index in [0.29, 0.717) is 22.7 Å². The Morgan fingerprint density at radius 2 is 1.72 bits per heavy atom. The molecule has 2 aromatic carbocycles. The first-order valence-corrected chi connectivity index (χ1v) is 7.28. The third kappa shape index (κ3) is 5.49. The van der Waals surface area contributed by atoms with Gasteiger partial charge in [-0.15, -0.1) is 0 Å². The number of alkyl halides is 2. The molecule has 0 spiro atoms. The Bertz CT molecular complexity index is 745. The summed E-state index contributed by atoms with van der Waals surface area (Å²) < 4.78 is 38.7. The van der Waals surface area contributed by atoms with Gasteiger partial charge in [0.15, 0.2) is 11.5 Å². The number of methoxy groups -OCH3 is 2. The lowest BCUT2D eigenvalue weighted by atomic mass is 10.2. The van der Waals surface area contributed by atoms with Gasteiger partial charge in [-0.2, -0.15) is 8.78 Å². The maximum atomic E-state index is 12.1. The number of rotatable bonds is 7. The molecule has 2 rings (SSSR count). The van der Waals surface area contributed by atoms with Crippen LogP contribution in [0.3, 0.4) is 0 Å². The van der Waals surface area contributed by atoms with E-state index in [1.807, 2.05) is 0 Å². The van der Waals surface area contributed by atoms with Crippen LogP contribution < -0.4 is 19.5 Å². The maximum absolute atomic E-state index is 12.1. The predicted molar refractivity (Wildman–Crippen MR) is 90.3 cm³/mol. The molecule has 0 saturated heterocycles. The van der Waals surface area contributed by atoms with Crippen LogP contribution in [0.5, 0.6) is 17.2 Å². The molecule has 0 saturated carbocycles. The fourth-order valence-electron chi connectivity index (χ4n) is 2.03. The van der Waals surface area contributed by atoms with Gasteiger partial charge in [0.25, 0.3) is 0 Å². The summed E-state index contributed by atoms with van der Waals surface area (Å²) >= 11 is 0. The molecule has 0 radical (unpaired) electrons. The molecular formula is C18H17F2NO4. The van der Waals surface area contributed by atoms with Crippen molar-refractivity contribution in [1.29, 1.82) is 0 Å². The molecule has 0 bridgehead atoms. The van der Waals surface area contributed by atoms with E-state index < -0.39 is 6.61 Å². The minimum Gasteiger partial charge on any atom is -0.493 e. The maximum Gasteiger partial charge on any atom is 0.387 e. The molecule has 0 atom stereocenters. The number of ether oxygens (including phenoxy) is 3. The van der Waals surface area contributed by atoms with E-state index in [9.17, 15) is 13.6 Å². The second-order valence-corrected chi connectivity index (χ2v) is 4.84. The molecule has 1 N–H and O–H groups in total. The number of amides is 1. The van der Waals surface area contributed by atoms with Crippen molar-refractivity contribution in [3.05, 3.63) is 54.1 Å². The molecule has 0 unspecified atom stereocenters. The summed E-state index contributed by atoms with van der Waals surface area (Å²) in [7, 11) is 3.03. The third-order valence-corrected chi connectivity index (χ3v) is 3.18. The van der Waals surface area contributed by atoms with Crippen LogP contribution in [0.15, 0.2) is 48.5 Å². The zero-order valence-corrected chi connectivity index (χ0v) is 13.7. The highest BCUT2D eigenvalue weighted by atomic mass is 19.3. The lowest BCUT2D eigenvalue weighted by molar-refractivity contribution is -0.111. The summed E-state index contributed by atoms with van der Waals surface area (Å²) in [6.07, 6.45) is 2.89. The Morgan fingerprint density at radius 1 is 1.04 bits per heavy atom. The highest BCUT2D eigenvalue weighted by molar-refractivity contribution is 6.02. The molecular weight excluding hydrogens is 332 g/mol. The van der Waals surface area contributed by atoms with Crippen molar-refractivity contribution in [3.8, 4) is 17.2 Å². The monoisotopic (exact) mass is 349 g/mol. The fourth-order valence-corrected chi connectivity index (χ4v) is 2.03. The quantitative estimate of drug-likeness (QED) is 0.769. The molecule has 5 nitrogen and oxygen atoms in total. The van der Waals surface area contributed by atoms with Gasteiger partial charge >= 0.3 is 6.61 Å². The molecule has 132 valence electrons. The molecule has 0 aliphatic heterocycles. The summed E-state index contributed by atoms with van der Waals surface area (Å²) in [6, 6.07) is 10.9. The summed E-state index contributed by atoms with van der Waals surface area (Å²) in [4.78, 5) is 12.0. The number of hydrogen-bond acceptors (Lipinski definition) is 4. The van der Waals surface area contributed by atoms with E-state index in [4.69, 9.17) is 9.47 Å². The van der Waals surface area contributed by atoms with Gasteiger partial charge in [-0.1, -0.05) is 12.1 Å². The largest absolute Gasteiger partial charge is 0.493 e. The molecule has 2 aromatic rings. The average Bonchev–Trinajstić information content (AvgIpc) is 2.60. The summed E-state index contributed by atoms with van der Waals surface area (Å²) in [6.45, 7) is -2.87. The van der Waals surface area contributed by atoms with E-state index in [0.717, 1.165) is 0 Å². The zero-order chi connectivity index (χ0) is 18.2. The standard InChI is InChI=1S/C18H17F2NO4/c1-23-15-9-6-13(11-16(15)24-2)21-17(22)10-5-12-3-7-14(8-4-12)25-18(19)20/h3-11,18H,1-2H3,(H,21,22)/b10-5+. The van der Waals surface area contributed by atoms with Crippen LogP contribution in [-0.2, 0) is 4.79 Å². The summed E-state index contributed by atoms with van der Waals surface area (Å²) in [5, 5.41) is 2.69. The van der Waals surface area contributed by atoms with Gasteiger partial charge in [0, 0.05) is 17.8 Å². The highest BCUT2D eigenvalue weighted by Gasteiger charge is 2.06. The van der Waals surface area contributed by atoms with Gasteiger partial charge in [0.05, 0.1) is 14.2 Å². The normalized spacial score (nSPS) is 10.8. The Hall–Kier alpha value is -3.09. The Kier molecular flexibility index (Phi) is 6.33. The van der Waals surface area contributed by atoms with Crippen molar-refractivity contribution >= 4 is 17.7 Å². The van der Waals surface area contributed by atoms with E-state index in [1.54, 1.807) is 36.4 Å². The van der Waals surface area contributed by atoms with E-state index in [2.05, 4.69) is 10.1 Å². The van der Waals surface area contributed by atoms with Gasteiger partial charge in [-0.05, 0) is 35.9 Å². The van der Waals surface area contributed by atoms with Crippen LogP contribution in [0.4, 0.5) is 14.5 Å². The van der Waals surface area contributed by atoms with Gasteiger partial charge in [-0.25, -0.2) is 0 Å². The Labute approximate surface area is 143 Å². The Balaban J connectivity index is 1.98. The van der Waals surface area contributed by atoms with E-state index in [1.165, 1.54) is 32.4 Å². The minimum atomic E-state index is -2.87. The van der Waals surface area contributed by atoms with Crippen LogP contribution in [0.25, 0.3) is 6.08 Å². The summed E-state index contributed by atoms with van der Waals surface area (Å²) in [5.41, 5.74) is 1.22. The molecule has 25 heavy (non-hydrogen) atoms. The third-order valence-electron chi connectivity index (χ3n) is 3.18. The van der Waals surface area contributed by atoms with Crippen LogP contribution in [0, 0.1) is 0 Å². The van der Waals surface area contributed by atoms with Crippen molar-refractivity contribution < 1.29 is 27.8 Å². The first-order chi connectivity index (χ1) is 12.0. The number of halogens is 2. The van der Waals surface area contributed by atoms with Crippen molar-refractivity contribution in [2.24, 2.45) is 0 Å². The number of benzene rings is 2. The average molecular weight is 349 g/mol. The number of carbonyl (C=O) groups excluding carboxylic acids is 1.